The average Bonchev–Trinajstić information content (AvgIpc) is 3.94. The van der Waals surface area contributed by atoms with Gasteiger partial charge in [0.25, 0.3) is 0 Å². The second-order valence-corrected chi connectivity index (χ2v) is 15.5. The van der Waals surface area contributed by atoms with Crippen molar-refractivity contribution in [2.75, 3.05) is 0 Å². The minimum absolute atomic E-state index is 0.562. The molecule has 0 radical (unpaired) electrons. The highest BCUT2D eigenvalue weighted by molar-refractivity contribution is 7.25. The Morgan fingerprint density at radius 2 is 0.842 bits per heavy atom. The molecule has 0 saturated heterocycles. The molecule has 0 unspecified atom stereocenters. The van der Waals surface area contributed by atoms with Gasteiger partial charge in [0.2, 0.25) is 11.9 Å². The monoisotopic (exact) mass is 745 g/mol. The van der Waals surface area contributed by atoms with Gasteiger partial charge in [0.1, 0.15) is 0 Å². The van der Waals surface area contributed by atoms with E-state index in [-0.39, 0.29) is 0 Å². The second-order valence-electron chi connectivity index (χ2n) is 14.4. The first-order valence-electron chi connectivity index (χ1n) is 19.1. The molecule has 266 valence electrons. The Balaban J connectivity index is 1.11. The summed E-state index contributed by atoms with van der Waals surface area (Å²) < 4.78 is 6.97. The van der Waals surface area contributed by atoms with Gasteiger partial charge < -0.3 is 0 Å². The minimum atomic E-state index is 0.562. The molecule has 8 aromatic carbocycles. The summed E-state index contributed by atoms with van der Waals surface area (Å²) in [6.45, 7) is 0. The molecule has 0 spiro atoms. The number of benzene rings is 8. The van der Waals surface area contributed by atoms with Gasteiger partial charge in [-0.15, -0.1) is 11.3 Å². The Morgan fingerprint density at radius 3 is 1.51 bits per heavy atom. The van der Waals surface area contributed by atoms with E-state index < -0.39 is 0 Å². The molecule has 12 aromatic rings. The van der Waals surface area contributed by atoms with E-state index in [1.165, 1.54) is 25.7 Å². The molecule has 0 amide bonds. The van der Waals surface area contributed by atoms with Crippen LogP contribution >= 0.6 is 11.3 Å². The van der Waals surface area contributed by atoms with Gasteiger partial charge in [-0.05, 0) is 58.7 Å². The molecular weight excluding hydrogens is 715 g/mol. The van der Waals surface area contributed by atoms with Crippen molar-refractivity contribution in [3.8, 4) is 45.5 Å². The lowest BCUT2D eigenvalue weighted by Crippen LogP contribution is -2.10. The molecule has 4 aromatic heterocycles. The summed E-state index contributed by atoms with van der Waals surface area (Å²) >= 11 is 1.84. The lowest BCUT2D eigenvalue weighted by atomic mass is 9.98. The van der Waals surface area contributed by atoms with Crippen LogP contribution < -0.4 is 0 Å². The summed E-state index contributed by atoms with van der Waals surface area (Å²) in [7, 11) is 0. The average molecular weight is 746 g/mol. The third kappa shape index (κ3) is 4.98. The van der Waals surface area contributed by atoms with E-state index in [9.17, 15) is 0 Å². The SMILES string of the molecule is c1ccc(-c2ccc3c4ccccc4n(-c4nc(-c5ccc(-c6cccc7sc8ccccc8c67)cc5)nc(-n5c6ccccc6c6ccccc65)n4)c3c2)cc1. The maximum absolute atomic E-state index is 5.37. The fourth-order valence-corrected chi connectivity index (χ4v) is 9.76. The molecule has 0 aliphatic rings. The van der Waals surface area contributed by atoms with Gasteiger partial charge in [-0.3, -0.25) is 9.13 Å². The molecule has 5 nitrogen and oxygen atoms in total. The molecule has 0 saturated carbocycles. The molecular formula is C51H31N5S. The highest BCUT2D eigenvalue weighted by atomic mass is 32.1. The number of para-hydroxylation sites is 3. The van der Waals surface area contributed by atoms with Crippen molar-refractivity contribution in [1.29, 1.82) is 0 Å². The maximum Gasteiger partial charge on any atom is 0.240 e. The van der Waals surface area contributed by atoms with Gasteiger partial charge in [-0.2, -0.15) is 15.0 Å². The van der Waals surface area contributed by atoms with Crippen molar-refractivity contribution in [3.63, 3.8) is 0 Å². The zero-order valence-electron chi connectivity index (χ0n) is 30.5. The van der Waals surface area contributed by atoms with Crippen LogP contribution in [0.1, 0.15) is 0 Å². The van der Waals surface area contributed by atoms with E-state index in [4.69, 9.17) is 15.0 Å². The van der Waals surface area contributed by atoms with Gasteiger partial charge in [-0.1, -0.05) is 152 Å². The van der Waals surface area contributed by atoms with E-state index in [2.05, 4.69) is 197 Å². The number of thiophene rings is 1. The van der Waals surface area contributed by atoms with Crippen LogP contribution in [0.3, 0.4) is 0 Å². The first-order valence-corrected chi connectivity index (χ1v) is 19.9. The smallest absolute Gasteiger partial charge is 0.240 e. The zero-order valence-corrected chi connectivity index (χ0v) is 31.4. The van der Waals surface area contributed by atoms with Crippen LogP contribution in [0.2, 0.25) is 0 Å². The zero-order chi connectivity index (χ0) is 37.5. The van der Waals surface area contributed by atoms with Crippen molar-refractivity contribution in [1.82, 2.24) is 24.1 Å². The normalized spacial score (nSPS) is 11.9. The maximum atomic E-state index is 5.37. The minimum Gasteiger partial charge on any atom is -0.278 e. The van der Waals surface area contributed by atoms with Gasteiger partial charge in [-0.25, -0.2) is 0 Å². The fraction of sp³-hybridized carbons (Fsp3) is 0. The van der Waals surface area contributed by atoms with Crippen LogP contribution in [-0.2, 0) is 0 Å². The topological polar surface area (TPSA) is 48.5 Å². The number of hydrogen-bond acceptors (Lipinski definition) is 4. The Kier molecular flexibility index (Phi) is 7.03. The molecule has 12 rings (SSSR count). The van der Waals surface area contributed by atoms with Crippen LogP contribution in [0.15, 0.2) is 188 Å². The third-order valence-corrected chi connectivity index (χ3v) is 12.4. The predicted molar refractivity (Wildman–Crippen MR) is 238 cm³/mol. The molecule has 0 N–H and O–H groups in total. The highest BCUT2D eigenvalue weighted by Crippen LogP contribution is 2.41. The molecule has 6 heteroatoms. The Hall–Kier alpha value is -7.41. The quantitative estimate of drug-likeness (QED) is 0.176. The summed E-state index contributed by atoms with van der Waals surface area (Å²) in [5.74, 6) is 1.73. The molecule has 57 heavy (non-hydrogen) atoms. The lowest BCUT2D eigenvalue weighted by molar-refractivity contribution is 0.893. The van der Waals surface area contributed by atoms with Crippen molar-refractivity contribution >= 4 is 75.1 Å². The van der Waals surface area contributed by atoms with Crippen molar-refractivity contribution in [2.45, 2.75) is 0 Å². The van der Waals surface area contributed by atoms with Crippen molar-refractivity contribution in [3.05, 3.63) is 188 Å². The summed E-state index contributed by atoms with van der Waals surface area (Å²) in [5.41, 5.74) is 9.74. The van der Waals surface area contributed by atoms with Crippen molar-refractivity contribution in [2.24, 2.45) is 0 Å². The van der Waals surface area contributed by atoms with Crippen LogP contribution in [0.5, 0.6) is 0 Å². The first-order chi connectivity index (χ1) is 28.3. The number of aromatic nitrogens is 5. The van der Waals surface area contributed by atoms with E-state index in [0.717, 1.165) is 65.9 Å². The standard InChI is InChI=1S/C51H31N5S/c1-2-13-32(14-3-1)35-29-30-40-39-17-6-10-22-44(39)56(45(40)31-35)51-53-49(52-50(54-51)55-42-20-8-4-15-37(42)38-16-5-9-21-43(38)55)34-27-25-33(26-28-34)36-19-12-24-47-48(36)41-18-7-11-23-46(41)57-47/h1-31H. The van der Waals surface area contributed by atoms with Crippen LogP contribution in [0.25, 0.3) is 109 Å². The third-order valence-electron chi connectivity index (χ3n) is 11.2. The van der Waals surface area contributed by atoms with E-state index in [1.54, 1.807) is 0 Å². The number of hydrogen-bond donors (Lipinski definition) is 0. The van der Waals surface area contributed by atoms with Crippen LogP contribution in [-0.4, -0.2) is 24.1 Å². The summed E-state index contributed by atoms with van der Waals surface area (Å²) in [5, 5.41) is 7.18. The summed E-state index contributed by atoms with van der Waals surface area (Å²) in [4.78, 5) is 16.0. The highest BCUT2D eigenvalue weighted by Gasteiger charge is 2.21. The summed E-state index contributed by atoms with van der Waals surface area (Å²) in [6.07, 6.45) is 0. The summed E-state index contributed by atoms with van der Waals surface area (Å²) in [6, 6.07) is 66.7. The number of fused-ring (bicyclic) bond motifs is 9. The van der Waals surface area contributed by atoms with Crippen molar-refractivity contribution < 1.29 is 0 Å². The van der Waals surface area contributed by atoms with Gasteiger partial charge in [0.15, 0.2) is 5.82 Å². The van der Waals surface area contributed by atoms with E-state index in [1.807, 2.05) is 11.3 Å². The van der Waals surface area contributed by atoms with Gasteiger partial charge >= 0.3 is 0 Å². The molecule has 0 atom stereocenters. The Morgan fingerprint density at radius 1 is 0.333 bits per heavy atom. The Labute approximate surface area is 331 Å². The second kappa shape index (κ2) is 12.6. The number of rotatable bonds is 5. The Bertz CT molecular complexity index is 3470. The largest absolute Gasteiger partial charge is 0.278 e. The van der Waals surface area contributed by atoms with E-state index in [0.29, 0.717) is 17.7 Å². The number of nitrogens with zero attached hydrogens (tertiary/aromatic N) is 5. The van der Waals surface area contributed by atoms with Crippen LogP contribution in [0.4, 0.5) is 0 Å². The molecule has 0 aliphatic heterocycles. The van der Waals surface area contributed by atoms with E-state index >= 15 is 0 Å². The van der Waals surface area contributed by atoms with Crippen LogP contribution in [0, 0.1) is 0 Å². The molecule has 4 heterocycles. The molecule has 0 aliphatic carbocycles. The van der Waals surface area contributed by atoms with Gasteiger partial charge in [0.05, 0.1) is 22.1 Å². The van der Waals surface area contributed by atoms with Gasteiger partial charge in [0, 0.05) is 47.3 Å². The first kappa shape index (κ1) is 31.9. The predicted octanol–water partition coefficient (Wildman–Crippen LogP) is 13.4. The lowest BCUT2D eigenvalue weighted by Gasteiger charge is -2.13. The molecule has 0 fully saturated rings. The fourth-order valence-electron chi connectivity index (χ4n) is 8.63. The molecule has 0 bridgehead atoms.